The van der Waals surface area contributed by atoms with Gasteiger partial charge in [-0.1, -0.05) is 48.5 Å². The number of fused-ring (bicyclic) bond motifs is 2. The minimum atomic E-state index is -3.74. The van der Waals surface area contributed by atoms with Crippen LogP contribution in [0.2, 0.25) is 0 Å². The summed E-state index contributed by atoms with van der Waals surface area (Å²) in [5.41, 5.74) is 4.90. The molecule has 1 heterocycles. The number of carbonyl (C=O) groups excluding carboxylic acids is 1. The summed E-state index contributed by atoms with van der Waals surface area (Å²) < 4.78 is 26.4. The molecule has 0 radical (unpaired) electrons. The maximum absolute atomic E-state index is 14.4. The van der Waals surface area contributed by atoms with Crippen LogP contribution in [0.25, 0.3) is 0 Å². The molecule has 0 N–H and O–H groups in total. The summed E-state index contributed by atoms with van der Waals surface area (Å²) in [5, 5.41) is 18.6. The fourth-order valence-corrected chi connectivity index (χ4v) is 6.92. The molecule has 8 nitrogen and oxygen atoms in total. The second kappa shape index (κ2) is 13.0. The average Bonchev–Trinajstić information content (AvgIpc) is 3.11. The molecular weight excluding hydrogens is 595 g/mol. The maximum atomic E-state index is 14.4. The molecule has 226 valence electrons. The maximum Gasteiger partial charge on any atom is 0.262 e. The Bertz CT molecular complexity index is 2050. The molecule has 5 aromatic rings. The van der Waals surface area contributed by atoms with Crippen LogP contribution in [0, 0.1) is 22.7 Å². The lowest BCUT2D eigenvalue weighted by molar-refractivity contribution is 0.0999. The van der Waals surface area contributed by atoms with Gasteiger partial charge in [0.15, 0.2) is 0 Å². The zero-order valence-corrected chi connectivity index (χ0v) is 25.6. The molecular formula is C37H29N5O3S. The summed E-state index contributed by atoms with van der Waals surface area (Å²) in [6.07, 6.45) is 0.600. The highest BCUT2D eigenvalue weighted by molar-refractivity contribution is 7.91. The Morgan fingerprint density at radius 2 is 1.17 bits per heavy atom. The standard InChI is InChI=1S/C37H29N5O3S/c38-23-9-25-40(26-10-24-39)30-19-22-35-36(27-30)41(29-11-3-1-4-12-29)33-15-7-8-16-34(33)42(35)37(43)28-17-20-32(21-18-28)46(44,45)31-13-5-2-6-14-31/h1-8,11-22,27H,9-10,25-26H2. The van der Waals surface area contributed by atoms with Gasteiger partial charge in [-0.3, -0.25) is 9.69 Å². The minimum Gasteiger partial charge on any atom is -0.369 e. The monoisotopic (exact) mass is 623 g/mol. The Morgan fingerprint density at radius 3 is 1.80 bits per heavy atom. The first-order chi connectivity index (χ1) is 22.4. The van der Waals surface area contributed by atoms with E-state index < -0.39 is 9.84 Å². The molecule has 0 spiro atoms. The normalized spacial score (nSPS) is 12.0. The van der Waals surface area contributed by atoms with E-state index in [-0.39, 0.29) is 15.7 Å². The molecule has 0 aliphatic carbocycles. The van der Waals surface area contributed by atoms with Gasteiger partial charge in [0, 0.05) is 30.0 Å². The first kappa shape index (κ1) is 30.1. The van der Waals surface area contributed by atoms with E-state index in [0.717, 1.165) is 22.7 Å². The fraction of sp³-hybridized carbons (Fsp3) is 0.108. The van der Waals surface area contributed by atoms with Gasteiger partial charge in [0.25, 0.3) is 5.91 Å². The molecule has 1 amide bonds. The smallest absolute Gasteiger partial charge is 0.262 e. The molecule has 0 saturated heterocycles. The number of nitrogens with zero attached hydrogens (tertiary/aromatic N) is 5. The Morgan fingerprint density at radius 1 is 0.630 bits per heavy atom. The number of hydrogen-bond donors (Lipinski definition) is 0. The molecule has 1 aliphatic heterocycles. The number of para-hydroxylation sites is 3. The van der Waals surface area contributed by atoms with Gasteiger partial charge in [-0.25, -0.2) is 8.42 Å². The predicted molar refractivity (Wildman–Crippen MR) is 179 cm³/mol. The number of nitriles is 2. The summed E-state index contributed by atoms with van der Waals surface area (Å²) in [4.78, 5) is 20.4. The number of carbonyl (C=O) groups is 1. The van der Waals surface area contributed by atoms with Crippen LogP contribution < -0.4 is 14.7 Å². The molecule has 5 aromatic carbocycles. The molecule has 46 heavy (non-hydrogen) atoms. The lowest BCUT2D eigenvalue weighted by Gasteiger charge is -2.40. The van der Waals surface area contributed by atoms with Crippen molar-refractivity contribution < 1.29 is 13.2 Å². The van der Waals surface area contributed by atoms with Gasteiger partial charge in [0.05, 0.1) is 57.5 Å². The molecule has 6 rings (SSSR count). The van der Waals surface area contributed by atoms with E-state index in [0.29, 0.717) is 42.9 Å². The van der Waals surface area contributed by atoms with Gasteiger partial charge in [-0.05, 0) is 78.9 Å². The van der Waals surface area contributed by atoms with Crippen molar-refractivity contribution in [1.29, 1.82) is 10.5 Å². The van der Waals surface area contributed by atoms with E-state index in [4.69, 9.17) is 0 Å². The first-order valence-electron chi connectivity index (χ1n) is 14.8. The van der Waals surface area contributed by atoms with Gasteiger partial charge >= 0.3 is 0 Å². The lowest BCUT2D eigenvalue weighted by Crippen LogP contribution is -2.33. The molecule has 9 heteroatoms. The third kappa shape index (κ3) is 5.68. The Kier molecular flexibility index (Phi) is 8.51. The first-order valence-corrected chi connectivity index (χ1v) is 16.2. The lowest BCUT2D eigenvalue weighted by atomic mass is 10.0. The third-order valence-corrected chi connectivity index (χ3v) is 9.62. The van der Waals surface area contributed by atoms with Crippen molar-refractivity contribution in [3.8, 4) is 12.1 Å². The van der Waals surface area contributed by atoms with Gasteiger partial charge in [-0.15, -0.1) is 0 Å². The van der Waals surface area contributed by atoms with Crippen LogP contribution in [-0.4, -0.2) is 27.4 Å². The Labute approximate surface area is 268 Å². The van der Waals surface area contributed by atoms with E-state index in [1.807, 2.05) is 77.7 Å². The molecule has 0 saturated carbocycles. The van der Waals surface area contributed by atoms with E-state index >= 15 is 0 Å². The molecule has 0 bridgehead atoms. The highest BCUT2D eigenvalue weighted by Gasteiger charge is 2.34. The highest BCUT2D eigenvalue weighted by Crippen LogP contribution is 2.52. The predicted octanol–water partition coefficient (Wildman–Crippen LogP) is 7.91. The summed E-state index contributed by atoms with van der Waals surface area (Å²) in [5.74, 6) is -0.316. The van der Waals surface area contributed by atoms with Crippen LogP contribution in [0.15, 0.2) is 137 Å². The van der Waals surface area contributed by atoms with Crippen molar-refractivity contribution in [1.82, 2.24) is 0 Å². The number of benzene rings is 5. The minimum absolute atomic E-state index is 0.101. The van der Waals surface area contributed by atoms with Crippen molar-refractivity contribution in [2.45, 2.75) is 22.6 Å². The van der Waals surface area contributed by atoms with Crippen molar-refractivity contribution in [2.75, 3.05) is 27.8 Å². The number of anilines is 6. The number of amides is 1. The van der Waals surface area contributed by atoms with Crippen LogP contribution in [0.4, 0.5) is 34.1 Å². The molecule has 0 atom stereocenters. The van der Waals surface area contributed by atoms with Crippen LogP contribution in [0.1, 0.15) is 23.2 Å². The van der Waals surface area contributed by atoms with E-state index in [2.05, 4.69) is 17.0 Å². The molecule has 1 aliphatic rings. The van der Waals surface area contributed by atoms with E-state index in [1.54, 1.807) is 47.4 Å². The number of hydrogen-bond acceptors (Lipinski definition) is 7. The van der Waals surface area contributed by atoms with Crippen LogP contribution in [-0.2, 0) is 9.84 Å². The van der Waals surface area contributed by atoms with Crippen molar-refractivity contribution in [3.63, 3.8) is 0 Å². The summed E-state index contributed by atoms with van der Waals surface area (Å²) in [6.45, 7) is 0.916. The Hall–Kier alpha value is -5.90. The Balaban J connectivity index is 1.46. The second-order valence-electron chi connectivity index (χ2n) is 10.6. The van der Waals surface area contributed by atoms with Crippen molar-refractivity contribution >= 4 is 49.9 Å². The third-order valence-electron chi connectivity index (χ3n) is 7.84. The second-order valence-corrected chi connectivity index (χ2v) is 12.6. The summed E-state index contributed by atoms with van der Waals surface area (Å²) in [7, 11) is -3.74. The fourth-order valence-electron chi connectivity index (χ4n) is 5.63. The number of rotatable bonds is 9. The van der Waals surface area contributed by atoms with Gasteiger partial charge in [0.2, 0.25) is 9.84 Å². The van der Waals surface area contributed by atoms with Gasteiger partial charge < -0.3 is 9.80 Å². The van der Waals surface area contributed by atoms with Crippen molar-refractivity contribution in [3.05, 3.63) is 133 Å². The summed E-state index contributed by atoms with van der Waals surface area (Å²) >= 11 is 0. The quantitative estimate of drug-likeness (QED) is 0.164. The highest BCUT2D eigenvalue weighted by atomic mass is 32.2. The zero-order valence-electron chi connectivity index (χ0n) is 24.8. The largest absolute Gasteiger partial charge is 0.369 e. The van der Waals surface area contributed by atoms with Gasteiger partial charge in [-0.2, -0.15) is 10.5 Å². The van der Waals surface area contributed by atoms with Crippen molar-refractivity contribution in [2.24, 2.45) is 0 Å². The number of sulfone groups is 1. The summed E-state index contributed by atoms with van der Waals surface area (Å²) in [6, 6.07) is 41.9. The van der Waals surface area contributed by atoms with E-state index in [9.17, 15) is 23.7 Å². The van der Waals surface area contributed by atoms with Crippen LogP contribution in [0.5, 0.6) is 0 Å². The average molecular weight is 624 g/mol. The topological polar surface area (TPSA) is 109 Å². The SMILES string of the molecule is N#CCCN(CCC#N)c1ccc2c(c1)N(c1ccccc1)c1ccccc1N2C(=O)c1ccc(S(=O)(=O)c2ccccc2)cc1. The van der Waals surface area contributed by atoms with E-state index in [1.165, 1.54) is 12.1 Å². The molecule has 0 unspecified atom stereocenters. The zero-order chi connectivity index (χ0) is 32.1. The van der Waals surface area contributed by atoms with Crippen LogP contribution in [0.3, 0.4) is 0 Å². The van der Waals surface area contributed by atoms with Crippen LogP contribution >= 0.6 is 0 Å². The molecule has 0 fully saturated rings. The molecule has 0 aromatic heterocycles. The van der Waals surface area contributed by atoms with Gasteiger partial charge in [0.1, 0.15) is 0 Å².